The molecule has 1 atom stereocenters. The second-order valence-electron chi connectivity index (χ2n) is 9.01. The number of rotatable bonds is 3. The summed E-state index contributed by atoms with van der Waals surface area (Å²) in [5.74, 6) is 5.80. The maximum absolute atomic E-state index is 13.1. The number of imide groups is 1. The van der Waals surface area contributed by atoms with Crippen LogP contribution in [-0.4, -0.2) is 43.9 Å². The predicted octanol–water partition coefficient (Wildman–Crippen LogP) is 1.89. The highest BCUT2D eigenvalue weighted by atomic mass is 16.6. The van der Waals surface area contributed by atoms with E-state index in [1.807, 2.05) is 12.1 Å². The number of nitrogens with zero attached hydrogens (tertiary/aromatic N) is 5. The maximum atomic E-state index is 13.1. The second kappa shape index (κ2) is 9.30. The standard InChI is InChI=1S/C25H24N6O5/c1-28-23-17(3-2-4-19(23)30(25(28)34)20-8-10-22(32)27-24(20)33)6-5-16-11-13-29(14-12-16)18-7-9-21(26-15-18)31(35)36/h2-4,7,9,15-16,20H,8,10-14H2,1H3,(H,27,32,33). The van der Waals surface area contributed by atoms with Gasteiger partial charge in [-0.05, 0) is 47.4 Å². The lowest BCUT2D eigenvalue weighted by molar-refractivity contribution is -0.389. The van der Waals surface area contributed by atoms with Gasteiger partial charge in [-0.2, -0.15) is 0 Å². The molecular weight excluding hydrogens is 464 g/mol. The van der Waals surface area contributed by atoms with E-state index in [1.54, 1.807) is 19.2 Å². The van der Waals surface area contributed by atoms with Crippen LogP contribution in [0, 0.1) is 27.9 Å². The first-order valence-electron chi connectivity index (χ1n) is 11.7. The fraction of sp³-hybridized carbons (Fsp3) is 0.360. The van der Waals surface area contributed by atoms with Gasteiger partial charge in [-0.3, -0.25) is 24.0 Å². The first kappa shape index (κ1) is 23.3. The molecule has 1 N–H and O–H groups in total. The number of anilines is 1. The molecule has 3 aromatic rings. The monoisotopic (exact) mass is 488 g/mol. The van der Waals surface area contributed by atoms with E-state index in [2.05, 4.69) is 27.0 Å². The normalized spacial score (nSPS) is 18.6. The topological polar surface area (TPSA) is 132 Å². The van der Waals surface area contributed by atoms with Crippen LogP contribution in [0.25, 0.3) is 11.0 Å². The average Bonchev–Trinajstić information content (AvgIpc) is 3.13. The van der Waals surface area contributed by atoms with Gasteiger partial charge in [-0.15, -0.1) is 0 Å². The van der Waals surface area contributed by atoms with Gasteiger partial charge in [0.1, 0.15) is 6.04 Å². The van der Waals surface area contributed by atoms with Crippen LogP contribution in [-0.2, 0) is 16.6 Å². The second-order valence-corrected chi connectivity index (χ2v) is 9.01. The Kier molecular flexibility index (Phi) is 6.01. The molecule has 0 aliphatic carbocycles. The minimum atomic E-state index is -0.736. The number of nitrogens with one attached hydrogen (secondary N) is 1. The molecule has 0 bridgehead atoms. The SMILES string of the molecule is Cn1c(=O)n(C2CCC(=O)NC2=O)c2cccc(C#CC3CCN(c4ccc([N+](=O)[O-])nc4)CC3)c21. The molecule has 2 saturated heterocycles. The molecule has 2 fully saturated rings. The highest BCUT2D eigenvalue weighted by Gasteiger charge is 2.31. The van der Waals surface area contributed by atoms with Crippen LogP contribution in [0.15, 0.2) is 41.3 Å². The lowest BCUT2D eigenvalue weighted by Gasteiger charge is -2.30. The molecule has 5 rings (SSSR count). The molecule has 2 aliphatic heterocycles. The van der Waals surface area contributed by atoms with Crippen LogP contribution < -0.4 is 15.9 Å². The highest BCUT2D eigenvalue weighted by Crippen LogP contribution is 2.26. The number of aryl methyl sites for hydroxylation is 1. The third-order valence-corrected chi connectivity index (χ3v) is 6.81. The van der Waals surface area contributed by atoms with Gasteiger partial charge < -0.3 is 15.0 Å². The van der Waals surface area contributed by atoms with Crippen molar-refractivity contribution >= 4 is 34.4 Å². The lowest BCUT2D eigenvalue weighted by atomic mass is 9.96. The number of hydrogen-bond acceptors (Lipinski definition) is 7. The fourth-order valence-electron chi connectivity index (χ4n) is 4.90. The Morgan fingerprint density at radius 2 is 1.89 bits per heavy atom. The minimum absolute atomic E-state index is 0.164. The van der Waals surface area contributed by atoms with E-state index in [0.29, 0.717) is 16.6 Å². The van der Waals surface area contributed by atoms with E-state index >= 15 is 0 Å². The summed E-state index contributed by atoms with van der Waals surface area (Å²) >= 11 is 0. The summed E-state index contributed by atoms with van der Waals surface area (Å²) in [7, 11) is 1.66. The van der Waals surface area contributed by atoms with Gasteiger partial charge >= 0.3 is 11.5 Å². The number of para-hydroxylation sites is 1. The Hall–Kier alpha value is -4.46. The number of amides is 2. The van der Waals surface area contributed by atoms with Crippen LogP contribution in [0.5, 0.6) is 0 Å². The van der Waals surface area contributed by atoms with Crippen molar-refractivity contribution in [1.82, 2.24) is 19.4 Å². The third-order valence-electron chi connectivity index (χ3n) is 6.81. The van der Waals surface area contributed by atoms with Crippen molar-refractivity contribution in [3.63, 3.8) is 0 Å². The summed E-state index contributed by atoms with van der Waals surface area (Å²) in [6, 6.07) is 7.86. The maximum Gasteiger partial charge on any atom is 0.363 e. The number of aromatic nitrogens is 3. The van der Waals surface area contributed by atoms with E-state index in [9.17, 15) is 24.5 Å². The number of benzene rings is 1. The van der Waals surface area contributed by atoms with Crippen LogP contribution in [0.3, 0.4) is 0 Å². The highest BCUT2D eigenvalue weighted by molar-refractivity contribution is 6.00. The lowest BCUT2D eigenvalue weighted by Crippen LogP contribution is -2.44. The summed E-state index contributed by atoms with van der Waals surface area (Å²) < 4.78 is 2.96. The fourth-order valence-corrected chi connectivity index (χ4v) is 4.90. The summed E-state index contributed by atoms with van der Waals surface area (Å²) in [5, 5.41) is 13.1. The number of fused-ring (bicyclic) bond motifs is 1. The molecule has 4 heterocycles. The predicted molar refractivity (Wildman–Crippen MR) is 131 cm³/mol. The summed E-state index contributed by atoms with van der Waals surface area (Å²) in [6.07, 6.45) is 3.65. The molecular formula is C25H24N6O5. The Bertz CT molecular complexity index is 1490. The molecule has 0 spiro atoms. The first-order chi connectivity index (χ1) is 17.3. The smallest absolute Gasteiger partial charge is 0.363 e. The Morgan fingerprint density at radius 3 is 2.56 bits per heavy atom. The Morgan fingerprint density at radius 1 is 1.11 bits per heavy atom. The molecule has 184 valence electrons. The number of nitro groups is 1. The number of carbonyl (C=O) groups is 2. The number of hydrogen-bond donors (Lipinski definition) is 1. The van der Waals surface area contributed by atoms with Crippen molar-refractivity contribution in [1.29, 1.82) is 0 Å². The van der Waals surface area contributed by atoms with E-state index in [1.165, 1.54) is 21.4 Å². The van der Waals surface area contributed by atoms with Crippen molar-refractivity contribution in [2.75, 3.05) is 18.0 Å². The van der Waals surface area contributed by atoms with Gasteiger partial charge in [0.05, 0.1) is 22.3 Å². The van der Waals surface area contributed by atoms with Gasteiger partial charge in [-0.1, -0.05) is 17.9 Å². The Balaban J connectivity index is 1.35. The summed E-state index contributed by atoms with van der Waals surface area (Å²) in [6.45, 7) is 1.51. The van der Waals surface area contributed by atoms with E-state index in [0.717, 1.165) is 31.6 Å². The molecule has 2 aliphatic rings. The zero-order valence-electron chi connectivity index (χ0n) is 19.6. The molecule has 11 nitrogen and oxygen atoms in total. The first-order valence-corrected chi connectivity index (χ1v) is 11.7. The van der Waals surface area contributed by atoms with Gasteiger partial charge in [0.2, 0.25) is 11.8 Å². The molecule has 0 saturated carbocycles. The van der Waals surface area contributed by atoms with Crippen molar-refractivity contribution in [2.24, 2.45) is 13.0 Å². The van der Waals surface area contributed by atoms with Crippen LogP contribution in [0.1, 0.15) is 37.3 Å². The van der Waals surface area contributed by atoms with Crippen molar-refractivity contribution < 1.29 is 14.5 Å². The minimum Gasteiger partial charge on any atom is -0.368 e. The molecule has 0 radical (unpaired) electrons. The van der Waals surface area contributed by atoms with E-state index < -0.39 is 16.9 Å². The van der Waals surface area contributed by atoms with Crippen LogP contribution >= 0.6 is 0 Å². The molecule has 1 unspecified atom stereocenters. The molecule has 36 heavy (non-hydrogen) atoms. The van der Waals surface area contributed by atoms with Crippen molar-refractivity contribution in [3.05, 3.63) is 62.7 Å². The van der Waals surface area contributed by atoms with Crippen molar-refractivity contribution in [3.8, 4) is 11.8 Å². The number of pyridine rings is 1. The molecule has 11 heteroatoms. The summed E-state index contributed by atoms with van der Waals surface area (Å²) in [4.78, 5) is 53.4. The zero-order chi connectivity index (χ0) is 25.4. The van der Waals surface area contributed by atoms with E-state index in [4.69, 9.17) is 0 Å². The van der Waals surface area contributed by atoms with Gasteiger partial charge in [0.15, 0.2) is 6.20 Å². The number of imidazole rings is 1. The van der Waals surface area contributed by atoms with Gasteiger partial charge in [0.25, 0.3) is 0 Å². The van der Waals surface area contributed by atoms with Crippen molar-refractivity contribution in [2.45, 2.75) is 31.7 Å². The zero-order valence-corrected chi connectivity index (χ0v) is 19.6. The number of piperidine rings is 2. The quantitative estimate of drug-likeness (QED) is 0.258. The van der Waals surface area contributed by atoms with Crippen LogP contribution in [0.4, 0.5) is 11.5 Å². The summed E-state index contributed by atoms with van der Waals surface area (Å²) in [5.41, 5.74) is 2.51. The molecule has 2 aromatic heterocycles. The van der Waals surface area contributed by atoms with Gasteiger partial charge in [-0.25, -0.2) is 4.79 Å². The molecule has 2 amide bonds. The third kappa shape index (κ3) is 4.22. The average molecular weight is 489 g/mol. The van der Waals surface area contributed by atoms with Crippen LogP contribution in [0.2, 0.25) is 0 Å². The van der Waals surface area contributed by atoms with E-state index in [-0.39, 0.29) is 36.2 Å². The largest absolute Gasteiger partial charge is 0.368 e. The molecule has 1 aromatic carbocycles. The number of carbonyl (C=O) groups excluding carboxylic acids is 2. The van der Waals surface area contributed by atoms with Gasteiger partial charge in [0, 0.05) is 38.5 Å². The Labute approximate surface area is 205 Å².